The number of nitrogen functional groups attached to an aromatic ring is 1. The van der Waals surface area contributed by atoms with Gasteiger partial charge in [0.15, 0.2) is 0 Å². The van der Waals surface area contributed by atoms with Gasteiger partial charge in [-0.15, -0.1) is 0 Å². The van der Waals surface area contributed by atoms with E-state index < -0.39 is 12.1 Å². The van der Waals surface area contributed by atoms with Crippen LogP contribution in [0.25, 0.3) is 0 Å². The maximum absolute atomic E-state index is 12.6. The molecule has 0 radical (unpaired) electrons. The summed E-state index contributed by atoms with van der Waals surface area (Å²) in [7, 11) is 0. The first kappa shape index (κ1) is 14.3. The number of hydrogen-bond donors (Lipinski definition) is 2. The van der Waals surface area contributed by atoms with E-state index in [1.54, 1.807) is 4.90 Å². The molecule has 2 heterocycles. The minimum absolute atomic E-state index is 0.0747. The van der Waals surface area contributed by atoms with Crippen LogP contribution in [0.3, 0.4) is 0 Å². The Kier molecular flexibility index (Phi) is 4.14. The van der Waals surface area contributed by atoms with Crippen molar-refractivity contribution in [2.75, 3.05) is 23.4 Å². The summed E-state index contributed by atoms with van der Waals surface area (Å²) in [5.41, 5.74) is 2.32. The van der Waals surface area contributed by atoms with Crippen molar-refractivity contribution in [2.45, 2.75) is 19.0 Å². The number of hydrazine groups is 1. The summed E-state index contributed by atoms with van der Waals surface area (Å²) in [6.07, 6.45) is -2.44. The molecule has 0 atom stereocenters. The van der Waals surface area contributed by atoms with Crippen molar-refractivity contribution >= 4 is 27.7 Å². The minimum atomic E-state index is -4.11. The third-order valence-corrected chi connectivity index (χ3v) is 3.67. The zero-order chi connectivity index (χ0) is 14.0. The number of hydrogen-bond acceptors (Lipinski definition) is 5. The molecule has 0 spiro atoms. The lowest BCUT2D eigenvalue weighted by atomic mass is 9.96. The molecule has 2 rings (SSSR count). The van der Waals surface area contributed by atoms with Gasteiger partial charge in [-0.2, -0.15) is 18.2 Å². The molecule has 106 valence electrons. The highest BCUT2D eigenvalue weighted by atomic mass is 79.9. The first-order valence-corrected chi connectivity index (χ1v) is 6.52. The van der Waals surface area contributed by atoms with Crippen LogP contribution in [0.4, 0.5) is 24.9 Å². The molecular formula is C10H13BrF3N5. The van der Waals surface area contributed by atoms with Crippen molar-refractivity contribution in [1.82, 2.24) is 9.97 Å². The Bertz CT molecular complexity index is 445. The number of rotatable bonds is 2. The first-order chi connectivity index (χ1) is 8.91. The lowest BCUT2D eigenvalue weighted by Crippen LogP contribution is -2.39. The second-order valence-electron chi connectivity index (χ2n) is 4.31. The Labute approximate surface area is 116 Å². The van der Waals surface area contributed by atoms with Gasteiger partial charge in [-0.3, -0.25) is 5.43 Å². The molecule has 0 unspecified atom stereocenters. The van der Waals surface area contributed by atoms with Crippen LogP contribution in [-0.2, 0) is 0 Å². The highest BCUT2D eigenvalue weighted by molar-refractivity contribution is 9.10. The van der Waals surface area contributed by atoms with Crippen molar-refractivity contribution in [3.8, 4) is 0 Å². The van der Waals surface area contributed by atoms with E-state index >= 15 is 0 Å². The molecule has 0 amide bonds. The van der Waals surface area contributed by atoms with Crippen LogP contribution < -0.4 is 16.2 Å². The molecule has 5 nitrogen and oxygen atoms in total. The zero-order valence-electron chi connectivity index (χ0n) is 9.91. The number of nitrogens with zero attached hydrogens (tertiary/aromatic N) is 3. The van der Waals surface area contributed by atoms with Crippen LogP contribution in [0.1, 0.15) is 12.8 Å². The molecule has 9 heteroatoms. The van der Waals surface area contributed by atoms with E-state index in [1.165, 1.54) is 6.20 Å². The molecule has 1 fully saturated rings. The van der Waals surface area contributed by atoms with Gasteiger partial charge < -0.3 is 4.90 Å². The zero-order valence-corrected chi connectivity index (χ0v) is 11.5. The fourth-order valence-corrected chi connectivity index (χ4v) is 2.51. The molecule has 0 saturated carbocycles. The molecule has 1 aliphatic heterocycles. The van der Waals surface area contributed by atoms with E-state index in [0.29, 0.717) is 23.4 Å². The van der Waals surface area contributed by atoms with Crippen molar-refractivity contribution in [3.63, 3.8) is 0 Å². The largest absolute Gasteiger partial charge is 0.391 e. The molecule has 1 saturated heterocycles. The normalized spacial score (nSPS) is 17.6. The number of anilines is 2. The maximum Gasteiger partial charge on any atom is 0.391 e. The van der Waals surface area contributed by atoms with Gasteiger partial charge in [0.1, 0.15) is 5.82 Å². The molecule has 0 aliphatic carbocycles. The van der Waals surface area contributed by atoms with Crippen LogP contribution in [0, 0.1) is 5.92 Å². The summed E-state index contributed by atoms with van der Waals surface area (Å²) in [4.78, 5) is 9.86. The monoisotopic (exact) mass is 339 g/mol. The first-order valence-electron chi connectivity index (χ1n) is 5.72. The lowest BCUT2D eigenvalue weighted by molar-refractivity contribution is -0.179. The fraction of sp³-hybridized carbons (Fsp3) is 0.600. The third-order valence-electron chi connectivity index (χ3n) is 3.11. The van der Waals surface area contributed by atoms with E-state index in [9.17, 15) is 13.2 Å². The molecule has 3 N–H and O–H groups in total. The van der Waals surface area contributed by atoms with E-state index in [-0.39, 0.29) is 18.8 Å². The molecule has 1 aromatic rings. The van der Waals surface area contributed by atoms with Gasteiger partial charge in [0.25, 0.3) is 0 Å². The number of halogens is 4. The summed E-state index contributed by atoms with van der Waals surface area (Å²) in [5, 5.41) is 0. The van der Waals surface area contributed by atoms with Crippen molar-refractivity contribution in [1.29, 1.82) is 0 Å². The van der Waals surface area contributed by atoms with Crippen LogP contribution >= 0.6 is 15.9 Å². The van der Waals surface area contributed by atoms with Gasteiger partial charge in [-0.05, 0) is 28.8 Å². The summed E-state index contributed by atoms with van der Waals surface area (Å²) in [6, 6.07) is 0. The predicted octanol–water partition coefficient (Wildman–Crippen LogP) is 2.30. The van der Waals surface area contributed by atoms with E-state index in [4.69, 9.17) is 5.84 Å². The number of nitrogens with two attached hydrogens (primary N) is 1. The Morgan fingerprint density at radius 2 is 2.00 bits per heavy atom. The van der Waals surface area contributed by atoms with Crippen LogP contribution in [0.5, 0.6) is 0 Å². The van der Waals surface area contributed by atoms with Gasteiger partial charge >= 0.3 is 6.18 Å². The molecule has 19 heavy (non-hydrogen) atoms. The maximum atomic E-state index is 12.6. The third kappa shape index (κ3) is 3.27. The summed E-state index contributed by atoms with van der Waals surface area (Å²) < 4.78 is 38.4. The van der Waals surface area contributed by atoms with Crippen molar-refractivity contribution in [2.24, 2.45) is 11.8 Å². The van der Waals surface area contributed by atoms with Gasteiger partial charge in [-0.1, -0.05) is 0 Å². The minimum Gasteiger partial charge on any atom is -0.355 e. The highest BCUT2D eigenvalue weighted by Crippen LogP contribution is 2.36. The Morgan fingerprint density at radius 3 is 2.53 bits per heavy atom. The second-order valence-corrected chi connectivity index (χ2v) is 5.17. The average molecular weight is 340 g/mol. The number of alkyl halides is 3. The fourth-order valence-electron chi connectivity index (χ4n) is 2.07. The Hall–Kier alpha value is -1.09. The van der Waals surface area contributed by atoms with E-state index in [1.807, 2.05) is 0 Å². The molecular weight excluding hydrogens is 327 g/mol. The van der Waals surface area contributed by atoms with Crippen LogP contribution in [-0.4, -0.2) is 29.2 Å². The average Bonchev–Trinajstić information content (AvgIpc) is 2.38. The number of aromatic nitrogens is 2. The van der Waals surface area contributed by atoms with Gasteiger partial charge in [0.05, 0.1) is 10.4 Å². The van der Waals surface area contributed by atoms with Crippen molar-refractivity contribution < 1.29 is 13.2 Å². The van der Waals surface area contributed by atoms with Crippen LogP contribution in [0.15, 0.2) is 10.7 Å². The van der Waals surface area contributed by atoms with E-state index in [2.05, 4.69) is 31.3 Å². The predicted molar refractivity (Wildman–Crippen MR) is 68.5 cm³/mol. The molecule has 1 aromatic heterocycles. The molecule has 0 aromatic carbocycles. The topological polar surface area (TPSA) is 67.1 Å². The summed E-state index contributed by atoms with van der Waals surface area (Å²) in [6.45, 7) is 0.619. The van der Waals surface area contributed by atoms with E-state index in [0.717, 1.165) is 0 Å². The number of piperidine rings is 1. The Balaban J connectivity index is 2.09. The van der Waals surface area contributed by atoms with Crippen LogP contribution in [0.2, 0.25) is 0 Å². The SMILES string of the molecule is NNc1ncc(Br)c(N2CCC(C(F)(F)F)CC2)n1. The molecule has 1 aliphatic rings. The molecule has 0 bridgehead atoms. The summed E-state index contributed by atoms with van der Waals surface area (Å²) >= 11 is 3.29. The quantitative estimate of drug-likeness (QED) is 0.639. The Morgan fingerprint density at radius 1 is 1.37 bits per heavy atom. The van der Waals surface area contributed by atoms with Crippen molar-refractivity contribution in [3.05, 3.63) is 10.7 Å². The number of nitrogens with one attached hydrogen (secondary N) is 1. The smallest absolute Gasteiger partial charge is 0.355 e. The second kappa shape index (κ2) is 5.49. The van der Waals surface area contributed by atoms with Gasteiger partial charge in [-0.25, -0.2) is 10.8 Å². The standard InChI is InChI=1S/C10H13BrF3N5/c11-7-5-16-9(18-15)17-8(7)19-3-1-6(2-4-19)10(12,13)14/h5-6H,1-4,15H2,(H,16,17,18). The summed E-state index contributed by atoms with van der Waals surface area (Å²) in [5.74, 6) is 4.79. The van der Waals surface area contributed by atoms with Gasteiger partial charge in [0.2, 0.25) is 5.95 Å². The lowest BCUT2D eigenvalue weighted by Gasteiger charge is -2.34. The highest BCUT2D eigenvalue weighted by Gasteiger charge is 2.41. The van der Waals surface area contributed by atoms with Gasteiger partial charge in [0, 0.05) is 19.3 Å².